The number of carbonyl (C=O) groups is 1. The number of aliphatic carboxylic acids is 1. The molecule has 5 heteroatoms. The van der Waals surface area contributed by atoms with Crippen molar-refractivity contribution in [2.75, 3.05) is 32.8 Å². The number of nitrogens with zero attached hydrogens (tertiary/aromatic N) is 1. The Labute approximate surface area is 107 Å². The largest absolute Gasteiger partial charge is 0.478 e. The molecule has 2 rings (SSSR count). The van der Waals surface area contributed by atoms with Crippen molar-refractivity contribution >= 4 is 5.97 Å². The molecular formula is C13H21NO4. The van der Waals surface area contributed by atoms with E-state index in [1.807, 2.05) is 13.0 Å². The van der Waals surface area contributed by atoms with Gasteiger partial charge in [0.25, 0.3) is 0 Å². The molecule has 2 aliphatic rings. The van der Waals surface area contributed by atoms with Crippen molar-refractivity contribution in [2.24, 2.45) is 0 Å². The molecule has 0 bridgehead atoms. The van der Waals surface area contributed by atoms with E-state index in [-0.39, 0.29) is 5.79 Å². The fourth-order valence-electron chi connectivity index (χ4n) is 2.48. The van der Waals surface area contributed by atoms with E-state index in [1.54, 1.807) is 0 Å². The van der Waals surface area contributed by atoms with Crippen molar-refractivity contribution in [1.29, 1.82) is 0 Å². The number of hydrogen-bond donors (Lipinski definition) is 1. The lowest BCUT2D eigenvalue weighted by Crippen LogP contribution is -2.45. The first-order valence-electron chi connectivity index (χ1n) is 6.58. The van der Waals surface area contributed by atoms with E-state index in [2.05, 4.69) is 4.90 Å². The molecule has 18 heavy (non-hydrogen) atoms. The fourth-order valence-corrected chi connectivity index (χ4v) is 2.48. The van der Waals surface area contributed by atoms with Gasteiger partial charge in [-0.05, 0) is 6.42 Å². The lowest BCUT2D eigenvalue weighted by Gasteiger charge is -2.37. The monoisotopic (exact) mass is 255 g/mol. The van der Waals surface area contributed by atoms with Gasteiger partial charge in [0.1, 0.15) is 0 Å². The van der Waals surface area contributed by atoms with Gasteiger partial charge in [0.05, 0.1) is 13.2 Å². The maximum Gasteiger partial charge on any atom is 0.331 e. The normalized spacial score (nSPS) is 24.6. The number of piperidine rings is 1. The Morgan fingerprint density at radius 3 is 2.44 bits per heavy atom. The summed E-state index contributed by atoms with van der Waals surface area (Å²) in [5, 5.41) is 8.94. The summed E-state index contributed by atoms with van der Waals surface area (Å²) in [4.78, 5) is 13.1. The fraction of sp³-hybridized carbons (Fsp3) is 0.769. The Morgan fingerprint density at radius 1 is 1.33 bits per heavy atom. The van der Waals surface area contributed by atoms with Gasteiger partial charge in [-0.3, -0.25) is 4.90 Å². The van der Waals surface area contributed by atoms with E-state index in [0.717, 1.165) is 25.9 Å². The van der Waals surface area contributed by atoms with Gasteiger partial charge in [-0.2, -0.15) is 0 Å². The summed E-state index contributed by atoms with van der Waals surface area (Å²) in [7, 11) is 0. The van der Waals surface area contributed by atoms with Crippen molar-refractivity contribution in [3.05, 3.63) is 11.6 Å². The third-order valence-electron chi connectivity index (χ3n) is 3.68. The van der Waals surface area contributed by atoms with Crippen molar-refractivity contribution < 1.29 is 19.4 Å². The molecule has 0 unspecified atom stereocenters. The van der Waals surface area contributed by atoms with Gasteiger partial charge in [0.2, 0.25) is 0 Å². The van der Waals surface area contributed by atoms with Crippen LogP contribution in [0.1, 0.15) is 26.2 Å². The summed E-state index contributed by atoms with van der Waals surface area (Å²) >= 11 is 0. The van der Waals surface area contributed by atoms with Gasteiger partial charge in [-0.15, -0.1) is 0 Å². The highest BCUT2D eigenvalue weighted by Crippen LogP contribution is 2.31. The highest BCUT2D eigenvalue weighted by molar-refractivity contribution is 5.86. The molecule has 0 atom stereocenters. The maximum atomic E-state index is 10.9. The first-order valence-corrected chi connectivity index (χ1v) is 6.58. The van der Waals surface area contributed by atoms with Crippen LogP contribution in [-0.2, 0) is 14.3 Å². The van der Waals surface area contributed by atoms with Crippen LogP contribution in [0, 0.1) is 0 Å². The topological polar surface area (TPSA) is 59.0 Å². The lowest BCUT2D eigenvalue weighted by atomic mass is 10.0. The Balaban J connectivity index is 1.81. The molecule has 0 aromatic heterocycles. The first kappa shape index (κ1) is 13.5. The SMILES string of the molecule is CCC(=CCN1CCC2(CC1)OCCO2)C(=O)O. The highest BCUT2D eigenvalue weighted by Gasteiger charge is 2.39. The van der Waals surface area contributed by atoms with E-state index >= 15 is 0 Å². The minimum Gasteiger partial charge on any atom is -0.478 e. The standard InChI is InChI=1S/C13H21NO4/c1-2-11(12(15)16)3-6-14-7-4-13(5-8-14)17-9-10-18-13/h3H,2,4-10H2,1H3,(H,15,16). The quantitative estimate of drug-likeness (QED) is 0.766. The van der Waals surface area contributed by atoms with Crippen LogP contribution in [0.3, 0.4) is 0 Å². The molecule has 0 aromatic carbocycles. The summed E-state index contributed by atoms with van der Waals surface area (Å²) in [5.41, 5.74) is 0.489. The number of carboxylic acids is 1. The van der Waals surface area contributed by atoms with Gasteiger partial charge in [-0.25, -0.2) is 4.79 Å². The van der Waals surface area contributed by atoms with Gasteiger partial charge in [-0.1, -0.05) is 13.0 Å². The molecule has 1 spiro atoms. The molecule has 2 heterocycles. The van der Waals surface area contributed by atoms with Crippen LogP contribution in [-0.4, -0.2) is 54.6 Å². The molecule has 0 aromatic rings. The van der Waals surface area contributed by atoms with Crippen molar-refractivity contribution in [1.82, 2.24) is 4.90 Å². The number of rotatable bonds is 4. The van der Waals surface area contributed by atoms with Crippen molar-refractivity contribution in [3.63, 3.8) is 0 Å². The Morgan fingerprint density at radius 2 is 1.94 bits per heavy atom. The second-order valence-corrected chi connectivity index (χ2v) is 4.80. The average molecular weight is 255 g/mol. The zero-order chi connectivity index (χ0) is 13.0. The Kier molecular flexibility index (Phi) is 4.37. The third kappa shape index (κ3) is 3.10. The zero-order valence-electron chi connectivity index (χ0n) is 10.9. The minimum atomic E-state index is -0.812. The average Bonchev–Trinajstić information content (AvgIpc) is 2.81. The molecular weight excluding hydrogens is 234 g/mol. The molecule has 5 nitrogen and oxygen atoms in total. The summed E-state index contributed by atoms with van der Waals surface area (Å²) in [6.45, 7) is 5.74. The number of likely N-dealkylation sites (tertiary alicyclic amines) is 1. The summed E-state index contributed by atoms with van der Waals surface area (Å²) in [6.07, 6.45) is 4.13. The number of hydrogen-bond acceptors (Lipinski definition) is 4. The maximum absolute atomic E-state index is 10.9. The molecule has 2 fully saturated rings. The van der Waals surface area contributed by atoms with E-state index in [0.29, 0.717) is 31.8 Å². The van der Waals surface area contributed by atoms with Crippen molar-refractivity contribution in [3.8, 4) is 0 Å². The van der Waals surface area contributed by atoms with E-state index in [4.69, 9.17) is 14.6 Å². The van der Waals surface area contributed by atoms with E-state index in [9.17, 15) is 4.79 Å². The van der Waals surface area contributed by atoms with Gasteiger partial charge >= 0.3 is 5.97 Å². The number of ether oxygens (including phenoxy) is 2. The third-order valence-corrected chi connectivity index (χ3v) is 3.68. The minimum absolute atomic E-state index is 0.347. The second kappa shape index (κ2) is 5.82. The van der Waals surface area contributed by atoms with Gasteiger partial charge in [0, 0.05) is 38.0 Å². The Bertz CT molecular complexity index is 324. The molecule has 1 N–H and O–H groups in total. The molecule has 0 radical (unpaired) electrons. The molecule has 2 saturated heterocycles. The predicted molar refractivity (Wildman–Crippen MR) is 66.3 cm³/mol. The Hall–Kier alpha value is -0.910. The summed E-state index contributed by atoms with van der Waals surface area (Å²) in [5.74, 6) is -1.16. The van der Waals surface area contributed by atoms with E-state index in [1.165, 1.54) is 0 Å². The van der Waals surface area contributed by atoms with Gasteiger partial charge < -0.3 is 14.6 Å². The molecule has 0 saturated carbocycles. The highest BCUT2D eigenvalue weighted by atomic mass is 16.7. The van der Waals surface area contributed by atoms with Crippen LogP contribution in [0.2, 0.25) is 0 Å². The van der Waals surface area contributed by atoms with Crippen LogP contribution in [0.5, 0.6) is 0 Å². The van der Waals surface area contributed by atoms with Gasteiger partial charge in [0.15, 0.2) is 5.79 Å². The molecule has 2 aliphatic heterocycles. The summed E-state index contributed by atoms with van der Waals surface area (Å²) in [6, 6.07) is 0. The molecule has 0 amide bonds. The van der Waals surface area contributed by atoms with E-state index < -0.39 is 5.97 Å². The van der Waals surface area contributed by atoms with Crippen LogP contribution in [0.25, 0.3) is 0 Å². The molecule has 102 valence electrons. The number of carboxylic acid groups (broad SMARTS) is 1. The first-order chi connectivity index (χ1) is 8.65. The van der Waals surface area contributed by atoms with Crippen LogP contribution in [0.15, 0.2) is 11.6 Å². The van der Waals surface area contributed by atoms with Crippen LogP contribution < -0.4 is 0 Å². The lowest BCUT2D eigenvalue weighted by molar-refractivity contribution is -0.184. The molecule has 0 aliphatic carbocycles. The second-order valence-electron chi connectivity index (χ2n) is 4.80. The smallest absolute Gasteiger partial charge is 0.331 e. The van der Waals surface area contributed by atoms with Crippen LogP contribution in [0.4, 0.5) is 0 Å². The van der Waals surface area contributed by atoms with Crippen molar-refractivity contribution in [2.45, 2.75) is 32.0 Å². The predicted octanol–water partition coefficient (Wildman–Crippen LogP) is 1.25. The van der Waals surface area contributed by atoms with Crippen LogP contribution >= 0.6 is 0 Å². The zero-order valence-corrected chi connectivity index (χ0v) is 10.9. The summed E-state index contributed by atoms with van der Waals surface area (Å²) < 4.78 is 11.3.